The van der Waals surface area contributed by atoms with Crippen molar-refractivity contribution in [3.63, 3.8) is 0 Å². The van der Waals surface area contributed by atoms with Gasteiger partial charge >= 0.3 is 91.6 Å². The molecular weight excluding hydrogens is 239 g/mol. The van der Waals surface area contributed by atoms with Crippen LogP contribution in [0.4, 0.5) is 0 Å². The molecular formula is C10H17MnO4. The van der Waals surface area contributed by atoms with E-state index in [-0.39, 0.29) is 0 Å². The standard InChI is InChI=1S/C6H5.4CH3O.Mn/c1-2-4-6-5-3-1;4*1-2;/h1-5H;4*1H3;/q;4*-1;+4. The zero-order valence-corrected chi connectivity index (χ0v) is 10.6. The Balaban J connectivity index is 3.34. The maximum atomic E-state index is 5.45. The van der Waals surface area contributed by atoms with E-state index in [4.69, 9.17) is 15.3 Å². The quantitative estimate of drug-likeness (QED) is 0.743. The van der Waals surface area contributed by atoms with Crippen molar-refractivity contribution in [1.82, 2.24) is 0 Å². The van der Waals surface area contributed by atoms with Gasteiger partial charge in [0.05, 0.1) is 0 Å². The molecule has 0 bridgehead atoms. The molecule has 1 rings (SSSR count). The van der Waals surface area contributed by atoms with Gasteiger partial charge in [-0.05, 0) is 0 Å². The van der Waals surface area contributed by atoms with Gasteiger partial charge in [-0.2, -0.15) is 0 Å². The van der Waals surface area contributed by atoms with E-state index in [1.54, 1.807) is 0 Å². The number of hydrogen-bond donors (Lipinski definition) is 0. The van der Waals surface area contributed by atoms with Gasteiger partial charge in [-0.1, -0.05) is 0 Å². The Hall–Kier alpha value is -0.421. The van der Waals surface area contributed by atoms with E-state index in [0.717, 1.165) is 4.46 Å². The molecule has 88 valence electrons. The third kappa shape index (κ3) is 1.83. The fourth-order valence-corrected chi connectivity index (χ4v) is 4.52. The summed E-state index contributed by atoms with van der Waals surface area (Å²) in [5, 5.41) is 0. The van der Waals surface area contributed by atoms with Gasteiger partial charge in [0.2, 0.25) is 0 Å². The Labute approximate surface area is 92.0 Å². The Morgan fingerprint density at radius 2 is 1.13 bits per heavy atom. The molecule has 0 N–H and O–H groups in total. The first-order chi connectivity index (χ1) is 7.17. The van der Waals surface area contributed by atoms with Crippen LogP contribution >= 0.6 is 0 Å². The van der Waals surface area contributed by atoms with Crippen molar-refractivity contribution in [2.75, 3.05) is 28.4 Å². The summed E-state index contributed by atoms with van der Waals surface area (Å²) in [6.07, 6.45) is 0. The Morgan fingerprint density at radius 1 is 0.733 bits per heavy atom. The second-order valence-electron chi connectivity index (χ2n) is 2.60. The molecule has 0 atom stereocenters. The fraction of sp³-hybridized carbons (Fsp3) is 0.400. The van der Waals surface area contributed by atoms with Crippen LogP contribution in [0.5, 0.6) is 0 Å². The third-order valence-corrected chi connectivity index (χ3v) is 6.99. The van der Waals surface area contributed by atoms with Gasteiger partial charge in [-0.25, -0.2) is 0 Å². The first-order valence-electron chi connectivity index (χ1n) is 4.35. The van der Waals surface area contributed by atoms with E-state index >= 15 is 0 Å². The molecule has 1 aromatic carbocycles. The van der Waals surface area contributed by atoms with E-state index < -0.39 is 13.1 Å². The van der Waals surface area contributed by atoms with E-state index in [2.05, 4.69) is 0 Å². The van der Waals surface area contributed by atoms with E-state index in [1.165, 1.54) is 28.4 Å². The molecule has 0 aliphatic carbocycles. The molecule has 0 saturated heterocycles. The first kappa shape index (κ1) is 12.6. The maximum absolute atomic E-state index is 5.45. The summed E-state index contributed by atoms with van der Waals surface area (Å²) in [7, 11) is 6.10. The molecule has 1 aromatic rings. The molecule has 0 heterocycles. The van der Waals surface area contributed by atoms with Gasteiger partial charge in [0.1, 0.15) is 0 Å². The zero-order chi connectivity index (χ0) is 11.4. The summed E-state index contributed by atoms with van der Waals surface area (Å²) in [5.41, 5.74) is 0. The minimum absolute atomic E-state index is 0.786. The fourth-order valence-electron chi connectivity index (χ4n) is 1.35. The topological polar surface area (TPSA) is 36.9 Å². The van der Waals surface area contributed by atoms with Gasteiger partial charge in [0.25, 0.3) is 0 Å². The SMILES string of the molecule is C[O][Mn]([O]C)([O]C)([O]C)[c]1ccccc1. The molecule has 0 unspecified atom stereocenters. The van der Waals surface area contributed by atoms with Crippen molar-refractivity contribution in [1.29, 1.82) is 0 Å². The van der Waals surface area contributed by atoms with Crippen LogP contribution in [0.3, 0.4) is 0 Å². The third-order valence-electron chi connectivity index (χ3n) is 2.15. The van der Waals surface area contributed by atoms with Gasteiger partial charge in [0.15, 0.2) is 0 Å². The molecule has 0 radical (unpaired) electrons. The van der Waals surface area contributed by atoms with Crippen LogP contribution < -0.4 is 4.46 Å². The molecule has 0 aromatic heterocycles. The molecule has 0 fully saturated rings. The van der Waals surface area contributed by atoms with Gasteiger partial charge in [0, 0.05) is 0 Å². The van der Waals surface area contributed by atoms with Crippen LogP contribution in [-0.4, -0.2) is 28.4 Å². The second-order valence-corrected chi connectivity index (χ2v) is 7.35. The molecule has 0 aliphatic heterocycles. The monoisotopic (exact) mass is 256 g/mol. The van der Waals surface area contributed by atoms with Crippen molar-refractivity contribution in [2.24, 2.45) is 0 Å². The molecule has 0 amide bonds. The van der Waals surface area contributed by atoms with Crippen LogP contribution in [-0.2, 0) is 28.4 Å². The van der Waals surface area contributed by atoms with Crippen LogP contribution in [0.1, 0.15) is 0 Å². The van der Waals surface area contributed by atoms with Crippen LogP contribution in [0.25, 0.3) is 0 Å². The summed E-state index contributed by atoms with van der Waals surface area (Å²) in [6.45, 7) is 0. The Kier molecular flexibility index (Phi) is 3.89. The average Bonchev–Trinajstić information content (AvgIpc) is 2.35. The molecule has 0 spiro atoms. The van der Waals surface area contributed by atoms with Gasteiger partial charge in [-0.15, -0.1) is 0 Å². The van der Waals surface area contributed by atoms with E-state index in [9.17, 15) is 0 Å². The van der Waals surface area contributed by atoms with E-state index in [1.807, 2.05) is 30.3 Å². The molecule has 5 heteroatoms. The molecule has 4 nitrogen and oxygen atoms in total. The van der Waals surface area contributed by atoms with Gasteiger partial charge in [-0.3, -0.25) is 0 Å². The summed E-state index contributed by atoms with van der Waals surface area (Å²) in [5.74, 6) is 0. The number of hydrogen-bond acceptors (Lipinski definition) is 4. The van der Waals surface area contributed by atoms with Gasteiger partial charge < -0.3 is 0 Å². The van der Waals surface area contributed by atoms with Crippen molar-refractivity contribution in [3.05, 3.63) is 30.3 Å². The molecule has 15 heavy (non-hydrogen) atoms. The summed E-state index contributed by atoms with van der Waals surface area (Å²) in [6, 6.07) is 9.43. The summed E-state index contributed by atoms with van der Waals surface area (Å²) >= 11 is -3.89. The van der Waals surface area contributed by atoms with Crippen LogP contribution in [0.2, 0.25) is 0 Å². The predicted molar refractivity (Wildman–Crippen MR) is 54.1 cm³/mol. The number of benzene rings is 1. The van der Waals surface area contributed by atoms with E-state index in [0.29, 0.717) is 0 Å². The zero-order valence-electron chi connectivity index (χ0n) is 9.40. The van der Waals surface area contributed by atoms with Crippen LogP contribution in [0.15, 0.2) is 30.3 Å². The summed E-state index contributed by atoms with van der Waals surface area (Å²) in [4.78, 5) is 0. The van der Waals surface area contributed by atoms with Crippen molar-refractivity contribution in [3.8, 4) is 0 Å². The summed E-state index contributed by atoms with van der Waals surface area (Å²) < 4.78 is 22.6. The Bertz CT molecular complexity index is 287. The molecule has 0 saturated carbocycles. The molecule has 0 aliphatic rings. The Morgan fingerprint density at radius 3 is 1.47 bits per heavy atom. The van der Waals surface area contributed by atoms with Crippen molar-refractivity contribution >= 4 is 4.46 Å². The normalized spacial score (nSPS) is 14.5. The van der Waals surface area contributed by atoms with Crippen LogP contribution in [0, 0.1) is 0 Å². The minimum atomic E-state index is -3.89. The van der Waals surface area contributed by atoms with Crippen molar-refractivity contribution in [2.45, 2.75) is 0 Å². The second kappa shape index (κ2) is 4.61. The predicted octanol–water partition coefficient (Wildman–Crippen LogP) is 1.25. The first-order valence-corrected chi connectivity index (χ1v) is 6.87. The average molecular weight is 256 g/mol. The number of rotatable bonds is 5. The van der Waals surface area contributed by atoms with Crippen molar-refractivity contribution < 1.29 is 28.4 Å².